The molecular weight excluding hydrogens is 290 g/mol. The topological polar surface area (TPSA) is 82.1 Å². The van der Waals surface area contributed by atoms with Gasteiger partial charge >= 0.3 is 17.9 Å². The Morgan fingerprint density at radius 1 is 0.636 bits per heavy atom. The molecule has 0 saturated carbocycles. The molecule has 0 fully saturated rings. The Hall–Kier alpha value is -1.63. The van der Waals surface area contributed by atoms with Gasteiger partial charge in [-0.3, -0.25) is 19.3 Å². The van der Waals surface area contributed by atoms with Gasteiger partial charge in [0.2, 0.25) is 0 Å². The largest absolute Gasteiger partial charge is 0.464 e. The van der Waals surface area contributed by atoms with Gasteiger partial charge in [-0.1, -0.05) is 20.8 Å². The van der Waals surface area contributed by atoms with Crippen molar-refractivity contribution in [3.63, 3.8) is 0 Å². The molecule has 128 valence electrons. The van der Waals surface area contributed by atoms with E-state index in [4.69, 9.17) is 14.2 Å². The van der Waals surface area contributed by atoms with Crippen LogP contribution in [-0.2, 0) is 28.6 Å². The third-order valence-electron chi connectivity index (χ3n) is 2.88. The van der Waals surface area contributed by atoms with Gasteiger partial charge in [-0.15, -0.1) is 0 Å². The summed E-state index contributed by atoms with van der Waals surface area (Å²) in [6, 6.07) is 0. The Kier molecular flexibility index (Phi) is 12.1. The Balaban J connectivity index is 4.09. The van der Waals surface area contributed by atoms with E-state index < -0.39 is 0 Å². The molecule has 0 unspecified atom stereocenters. The standard InChI is InChI=1S/C15H27NO6/c1-4-13(17)20-10-7-16(8-11-21-14(18)5-2)9-12-22-15(19)6-3/h4-12H2,1-3H3. The normalized spacial score (nSPS) is 10.4. The Morgan fingerprint density at radius 2 is 0.909 bits per heavy atom. The van der Waals surface area contributed by atoms with Crippen molar-refractivity contribution in [3.05, 3.63) is 0 Å². The lowest BCUT2D eigenvalue weighted by Gasteiger charge is -2.21. The third kappa shape index (κ3) is 11.1. The molecule has 0 atom stereocenters. The first-order chi connectivity index (χ1) is 10.5. The molecule has 0 aliphatic rings. The first-order valence-corrected chi connectivity index (χ1v) is 7.72. The molecule has 0 rings (SSSR count). The van der Waals surface area contributed by atoms with Crippen LogP contribution in [0.1, 0.15) is 40.0 Å². The van der Waals surface area contributed by atoms with Crippen LogP contribution in [0.5, 0.6) is 0 Å². The van der Waals surface area contributed by atoms with Gasteiger partial charge in [0.25, 0.3) is 0 Å². The van der Waals surface area contributed by atoms with Crippen molar-refractivity contribution in [2.45, 2.75) is 40.0 Å². The lowest BCUT2D eigenvalue weighted by atomic mass is 10.4. The van der Waals surface area contributed by atoms with E-state index in [1.54, 1.807) is 20.8 Å². The first kappa shape index (κ1) is 20.4. The number of hydrogen-bond donors (Lipinski definition) is 0. The Bertz CT molecular complexity index is 293. The zero-order valence-electron chi connectivity index (χ0n) is 13.8. The molecule has 0 saturated heterocycles. The van der Waals surface area contributed by atoms with E-state index in [1.807, 2.05) is 4.90 Å². The van der Waals surface area contributed by atoms with Crippen molar-refractivity contribution in [2.75, 3.05) is 39.5 Å². The lowest BCUT2D eigenvalue weighted by molar-refractivity contribution is -0.144. The van der Waals surface area contributed by atoms with Crippen LogP contribution in [0.3, 0.4) is 0 Å². The average Bonchev–Trinajstić information content (AvgIpc) is 2.53. The number of carbonyl (C=O) groups is 3. The second-order valence-corrected chi connectivity index (χ2v) is 4.56. The highest BCUT2D eigenvalue weighted by Gasteiger charge is 2.09. The molecule has 0 aromatic rings. The molecule has 22 heavy (non-hydrogen) atoms. The fraction of sp³-hybridized carbons (Fsp3) is 0.800. The van der Waals surface area contributed by atoms with Crippen molar-refractivity contribution < 1.29 is 28.6 Å². The zero-order chi connectivity index (χ0) is 16.8. The fourth-order valence-corrected chi connectivity index (χ4v) is 1.51. The molecule has 0 aliphatic carbocycles. The van der Waals surface area contributed by atoms with Gasteiger partial charge in [0.05, 0.1) is 0 Å². The minimum Gasteiger partial charge on any atom is -0.464 e. The number of carbonyl (C=O) groups excluding carboxylic acids is 3. The molecule has 0 aliphatic heterocycles. The molecule has 0 amide bonds. The van der Waals surface area contributed by atoms with Crippen molar-refractivity contribution in [2.24, 2.45) is 0 Å². The second-order valence-electron chi connectivity index (χ2n) is 4.56. The fourth-order valence-electron chi connectivity index (χ4n) is 1.51. The van der Waals surface area contributed by atoms with Crippen molar-refractivity contribution in [3.8, 4) is 0 Å². The minimum absolute atomic E-state index is 0.255. The summed E-state index contributed by atoms with van der Waals surface area (Å²) in [6.07, 6.45) is 1.01. The highest BCUT2D eigenvalue weighted by Crippen LogP contribution is 1.95. The van der Waals surface area contributed by atoms with E-state index >= 15 is 0 Å². The number of esters is 3. The van der Waals surface area contributed by atoms with Gasteiger partial charge in [-0.05, 0) is 0 Å². The number of rotatable bonds is 12. The molecule has 0 spiro atoms. The quantitative estimate of drug-likeness (QED) is 0.394. The van der Waals surface area contributed by atoms with Gasteiger partial charge in [0, 0.05) is 38.9 Å². The van der Waals surface area contributed by atoms with Crippen LogP contribution >= 0.6 is 0 Å². The van der Waals surface area contributed by atoms with Crippen LogP contribution in [-0.4, -0.2) is 62.3 Å². The van der Waals surface area contributed by atoms with Gasteiger partial charge in [0.15, 0.2) is 0 Å². The van der Waals surface area contributed by atoms with E-state index in [0.29, 0.717) is 38.9 Å². The SMILES string of the molecule is CCC(=O)OCCN(CCOC(=O)CC)CCOC(=O)CC. The summed E-state index contributed by atoms with van der Waals surface area (Å²) < 4.78 is 15.1. The van der Waals surface area contributed by atoms with Crippen molar-refractivity contribution in [1.29, 1.82) is 0 Å². The van der Waals surface area contributed by atoms with E-state index in [-0.39, 0.29) is 37.7 Å². The first-order valence-electron chi connectivity index (χ1n) is 7.72. The number of ether oxygens (including phenoxy) is 3. The molecule has 0 aromatic carbocycles. The van der Waals surface area contributed by atoms with Crippen molar-refractivity contribution in [1.82, 2.24) is 4.90 Å². The summed E-state index contributed by atoms with van der Waals surface area (Å²) in [5.74, 6) is -0.765. The highest BCUT2D eigenvalue weighted by atomic mass is 16.5. The van der Waals surface area contributed by atoms with Crippen LogP contribution in [0.2, 0.25) is 0 Å². The zero-order valence-corrected chi connectivity index (χ0v) is 13.8. The summed E-state index contributed by atoms with van der Waals surface area (Å²) in [5, 5.41) is 0. The Labute approximate surface area is 131 Å². The predicted octanol–water partition coefficient (Wildman–Crippen LogP) is 1.15. The average molecular weight is 317 g/mol. The van der Waals surface area contributed by atoms with Gasteiger partial charge in [0.1, 0.15) is 19.8 Å². The summed E-state index contributed by atoms with van der Waals surface area (Å²) >= 11 is 0. The van der Waals surface area contributed by atoms with E-state index in [9.17, 15) is 14.4 Å². The molecule has 0 heterocycles. The molecule has 0 radical (unpaired) electrons. The minimum atomic E-state index is -0.255. The van der Waals surface area contributed by atoms with E-state index in [1.165, 1.54) is 0 Å². The molecule has 7 heteroatoms. The van der Waals surface area contributed by atoms with Crippen LogP contribution in [0.25, 0.3) is 0 Å². The predicted molar refractivity (Wildman–Crippen MR) is 80.2 cm³/mol. The van der Waals surface area contributed by atoms with E-state index in [0.717, 1.165) is 0 Å². The molecule has 0 bridgehead atoms. The summed E-state index contributed by atoms with van der Waals surface area (Å²) in [4.78, 5) is 35.2. The maximum atomic E-state index is 11.1. The summed E-state index contributed by atoms with van der Waals surface area (Å²) in [7, 11) is 0. The molecule has 0 N–H and O–H groups in total. The third-order valence-corrected chi connectivity index (χ3v) is 2.88. The van der Waals surface area contributed by atoms with Crippen LogP contribution < -0.4 is 0 Å². The Morgan fingerprint density at radius 3 is 1.14 bits per heavy atom. The molecule has 0 aromatic heterocycles. The molecule has 7 nitrogen and oxygen atoms in total. The second kappa shape index (κ2) is 13.1. The van der Waals surface area contributed by atoms with Crippen LogP contribution in [0.4, 0.5) is 0 Å². The summed E-state index contributed by atoms with van der Waals surface area (Å²) in [6.45, 7) is 7.47. The van der Waals surface area contributed by atoms with E-state index in [2.05, 4.69) is 0 Å². The monoisotopic (exact) mass is 317 g/mol. The maximum Gasteiger partial charge on any atom is 0.305 e. The highest BCUT2D eigenvalue weighted by molar-refractivity contribution is 5.69. The summed E-state index contributed by atoms with van der Waals surface area (Å²) in [5.41, 5.74) is 0. The van der Waals surface area contributed by atoms with Crippen molar-refractivity contribution >= 4 is 17.9 Å². The molecular formula is C15H27NO6. The lowest BCUT2D eigenvalue weighted by Crippen LogP contribution is -2.35. The number of hydrogen-bond acceptors (Lipinski definition) is 7. The van der Waals surface area contributed by atoms with Gasteiger partial charge in [-0.2, -0.15) is 0 Å². The van der Waals surface area contributed by atoms with Crippen LogP contribution in [0.15, 0.2) is 0 Å². The van der Waals surface area contributed by atoms with Gasteiger partial charge in [-0.25, -0.2) is 0 Å². The van der Waals surface area contributed by atoms with Crippen LogP contribution in [0, 0.1) is 0 Å². The maximum absolute atomic E-state index is 11.1. The smallest absolute Gasteiger partial charge is 0.305 e. The van der Waals surface area contributed by atoms with Gasteiger partial charge < -0.3 is 14.2 Å². The number of nitrogens with zero attached hydrogens (tertiary/aromatic N) is 1.